The summed E-state index contributed by atoms with van der Waals surface area (Å²) in [4.78, 5) is 11.9. The third-order valence-electron chi connectivity index (χ3n) is 2.83. The van der Waals surface area contributed by atoms with E-state index in [1.165, 1.54) is 18.2 Å². The van der Waals surface area contributed by atoms with Crippen molar-refractivity contribution in [1.29, 1.82) is 0 Å². The second-order valence-corrected chi connectivity index (χ2v) is 4.44. The minimum Gasteiger partial charge on any atom is -0.507 e. The first kappa shape index (κ1) is 13.1. The molecule has 0 saturated carbocycles. The van der Waals surface area contributed by atoms with Crippen molar-refractivity contribution < 1.29 is 14.3 Å². The van der Waals surface area contributed by atoms with Crippen molar-refractivity contribution in [3.8, 4) is 5.75 Å². The van der Waals surface area contributed by atoms with Crippen molar-refractivity contribution in [3.05, 3.63) is 58.9 Å². The summed E-state index contributed by atoms with van der Waals surface area (Å²) >= 11 is 0. The van der Waals surface area contributed by atoms with Crippen LogP contribution in [-0.2, 0) is 0 Å². The Hall–Kier alpha value is -2.36. The maximum absolute atomic E-state index is 13.4. The van der Waals surface area contributed by atoms with Gasteiger partial charge in [0.15, 0.2) is 0 Å². The maximum Gasteiger partial charge on any atom is 0.259 e. The highest BCUT2D eigenvalue weighted by Gasteiger charge is 2.11. The highest BCUT2D eigenvalue weighted by atomic mass is 19.1. The highest BCUT2D eigenvalue weighted by Crippen LogP contribution is 2.20. The van der Waals surface area contributed by atoms with E-state index in [9.17, 15) is 14.3 Å². The lowest BCUT2D eigenvalue weighted by atomic mass is 10.1. The van der Waals surface area contributed by atoms with Crippen LogP contribution in [0.3, 0.4) is 0 Å². The number of hydrogen-bond donors (Lipinski definition) is 2. The number of amides is 1. The maximum atomic E-state index is 13.4. The smallest absolute Gasteiger partial charge is 0.259 e. The van der Waals surface area contributed by atoms with Gasteiger partial charge in [-0.05, 0) is 49.2 Å². The Morgan fingerprint density at radius 2 is 1.89 bits per heavy atom. The number of benzene rings is 2. The summed E-state index contributed by atoms with van der Waals surface area (Å²) < 4.78 is 13.4. The minimum absolute atomic E-state index is 0.0925. The van der Waals surface area contributed by atoms with Gasteiger partial charge < -0.3 is 10.4 Å². The summed E-state index contributed by atoms with van der Waals surface area (Å²) in [5.74, 6) is -0.947. The molecule has 2 aromatic carbocycles. The van der Waals surface area contributed by atoms with E-state index in [0.717, 1.165) is 5.56 Å². The summed E-state index contributed by atoms with van der Waals surface area (Å²) in [5, 5.41) is 12.3. The molecule has 0 aliphatic heterocycles. The van der Waals surface area contributed by atoms with Gasteiger partial charge in [0.25, 0.3) is 5.91 Å². The number of carbonyl (C=O) groups excluding carboxylic acids is 1. The number of rotatable bonds is 2. The lowest BCUT2D eigenvalue weighted by Crippen LogP contribution is -2.12. The lowest BCUT2D eigenvalue weighted by Gasteiger charge is -2.08. The predicted molar refractivity (Wildman–Crippen MR) is 71.9 cm³/mol. The number of nitrogens with one attached hydrogen (secondary N) is 1. The Kier molecular flexibility index (Phi) is 3.51. The van der Waals surface area contributed by atoms with E-state index >= 15 is 0 Å². The fourth-order valence-electron chi connectivity index (χ4n) is 1.70. The van der Waals surface area contributed by atoms with Crippen molar-refractivity contribution in [2.45, 2.75) is 13.8 Å². The first-order chi connectivity index (χ1) is 8.97. The van der Waals surface area contributed by atoms with E-state index in [2.05, 4.69) is 5.32 Å². The number of anilines is 1. The molecular weight excluding hydrogens is 245 g/mol. The molecule has 0 aliphatic rings. The molecule has 2 N–H and O–H groups in total. The van der Waals surface area contributed by atoms with Crippen molar-refractivity contribution in [1.82, 2.24) is 0 Å². The zero-order valence-electron chi connectivity index (χ0n) is 10.7. The molecule has 4 heteroatoms. The van der Waals surface area contributed by atoms with Crippen molar-refractivity contribution in [2.24, 2.45) is 0 Å². The number of carbonyl (C=O) groups is 1. The van der Waals surface area contributed by atoms with Crippen LogP contribution in [0.25, 0.3) is 0 Å². The minimum atomic E-state index is -0.472. The third kappa shape index (κ3) is 2.91. The molecule has 0 atom stereocenters. The van der Waals surface area contributed by atoms with Crippen LogP contribution in [0.4, 0.5) is 10.1 Å². The largest absolute Gasteiger partial charge is 0.507 e. The van der Waals surface area contributed by atoms with Crippen molar-refractivity contribution in [2.75, 3.05) is 5.32 Å². The van der Waals surface area contributed by atoms with E-state index in [1.807, 2.05) is 6.92 Å². The molecule has 0 heterocycles. The van der Waals surface area contributed by atoms with Crippen LogP contribution in [0, 0.1) is 19.7 Å². The van der Waals surface area contributed by atoms with Crippen molar-refractivity contribution in [3.63, 3.8) is 0 Å². The second kappa shape index (κ2) is 5.10. The first-order valence-electron chi connectivity index (χ1n) is 5.84. The van der Waals surface area contributed by atoms with Crippen LogP contribution >= 0.6 is 0 Å². The second-order valence-electron chi connectivity index (χ2n) is 4.44. The molecule has 2 rings (SSSR count). The molecule has 2 aromatic rings. The molecule has 0 saturated heterocycles. The van der Waals surface area contributed by atoms with Gasteiger partial charge in [0.05, 0.1) is 5.56 Å². The van der Waals surface area contributed by atoms with E-state index in [4.69, 9.17) is 0 Å². The molecular formula is C15H14FNO2. The fourth-order valence-corrected chi connectivity index (χ4v) is 1.70. The predicted octanol–water partition coefficient (Wildman–Crippen LogP) is 3.40. The first-order valence-corrected chi connectivity index (χ1v) is 5.84. The quantitative estimate of drug-likeness (QED) is 0.868. The van der Waals surface area contributed by atoms with Gasteiger partial charge in [-0.15, -0.1) is 0 Å². The van der Waals surface area contributed by atoms with Crippen LogP contribution in [-0.4, -0.2) is 11.0 Å². The topological polar surface area (TPSA) is 49.3 Å². The average molecular weight is 259 g/mol. The number of aryl methyl sites for hydroxylation is 2. The average Bonchev–Trinajstić information content (AvgIpc) is 2.33. The number of hydrogen-bond acceptors (Lipinski definition) is 2. The SMILES string of the molecule is Cc1ccc(C(=O)Nc2ccc(C)c(F)c2)c(O)c1. The molecule has 0 aliphatic carbocycles. The van der Waals surface area contributed by atoms with Crippen molar-refractivity contribution >= 4 is 11.6 Å². The van der Waals surface area contributed by atoms with Gasteiger partial charge in [-0.1, -0.05) is 12.1 Å². The lowest BCUT2D eigenvalue weighted by molar-refractivity contribution is 0.102. The molecule has 0 spiro atoms. The van der Waals surface area contributed by atoms with Gasteiger partial charge in [-0.2, -0.15) is 0 Å². The zero-order valence-corrected chi connectivity index (χ0v) is 10.7. The normalized spacial score (nSPS) is 10.3. The van der Waals surface area contributed by atoms with E-state index in [0.29, 0.717) is 11.3 Å². The summed E-state index contributed by atoms with van der Waals surface area (Å²) in [6, 6.07) is 9.21. The standard InChI is InChI=1S/C15H14FNO2/c1-9-3-6-12(14(18)7-9)15(19)17-11-5-4-10(2)13(16)8-11/h3-8,18H,1-2H3,(H,17,19). The Balaban J connectivity index is 2.23. The Bertz CT molecular complexity index is 638. The van der Waals surface area contributed by atoms with Gasteiger partial charge in [0, 0.05) is 5.69 Å². The van der Waals surface area contributed by atoms with E-state index in [1.54, 1.807) is 25.1 Å². The Morgan fingerprint density at radius 1 is 1.16 bits per heavy atom. The van der Waals surface area contributed by atoms with Gasteiger partial charge in [-0.3, -0.25) is 4.79 Å². The molecule has 0 radical (unpaired) electrons. The molecule has 0 fully saturated rings. The monoisotopic (exact) mass is 259 g/mol. The molecule has 0 aromatic heterocycles. The molecule has 0 unspecified atom stereocenters. The Morgan fingerprint density at radius 3 is 2.53 bits per heavy atom. The van der Waals surface area contributed by atoms with Crippen LogP contribution in [0.2, 0.25) is 0 Å². The summed E-state index contributed by atoms with van der Waals surface area (Å²) in [6.45, 7) is 3.46. The number of phenols is 1. The molecule has 3 nitrogen and oxygen atoms in total. The van der Waals surface area contributed by atoms with Gasteiger partial charge in [-0.25, -0.2) is 4.39 Å². The highest BCUT2D eigenvalue weighted by molar-refractivity contribution is 6.06. The summed E-state index contributed by atoms with van der Waals surface area (Å²) in [6.07, 6.45) is 0. The molecule has 1 amide bonds. The van der Waals surface area contributed by atoms with Crippen LogP contribution in [0.1, 0.15) is 21.5 Å². The van der Waals surface area contributed by atoms with Crippen LogP contribution in [0.5, 0.6) is 5.75 Å². The molecule has 0 bridgehead atoms. The van der Waals surface area contributed by atoms with E-state index in [-0.39, 0.29) is 17.1 Å². The van der Waals surface area contributed by atoms with Gasteiger partial charge in [0.1, 0.15) is 11.6 Å². The number of halogens is 1. The Labute approximate surface area is 110 Å². The van der Waals surface area contributed by atoms with Crippen LogP contribution < -0.4 is 5.32 Å². The molecule has 98 valence electrons. The van der Waals surface area contributed by atoms with Gasteiger partial charge >= 0.3 is 0 Å². The van der Waals surface area contributed by atoms with E-state index < -0.39 is 5.91 Å². The zero-order chi connectivity index (χ0) is 14.0. The number of phenolic OH excluding ortho intramolecular Hbond substituents is 1. The summed E-state index contributed by atoms with van der Waals surface area (Å²) in [7, 11) is 0. The van der Waals surface area contributed by atoms with Crippen LogP contribution in [0.15, 0.2) is 36.4 Å². The molecule has 19 heavy (non-hydrogen) atoms. The third-order valence-corrected chi connectivity index (χ3v) is 2.83. The number of aromatic hydroxyl groups is 1. The summed E-state index contributed by atoms with van der Waals surface area (Å²) in [5.41, 5.74) is 1.88. The fraction of sp³-hybridized carbons (Fsp3) is 0.133. The van der Waals surface area contributed by atoms with Gasteiger partial charge in [0.2, 0.25) is 0 Å².